The first-order valence-electron chi connectivity index (χ1n) is 12.6. The molecule has 2 aliphatic rings. The molecule has 0 saturated carbocycles. The molecule has 2 aromatic carbocycles. The molecule has 4 aromatic rings. The standard InChI is InChI=1S/C29H32N4O2S/c1-19-14-22(8-11-30-19)21-4-6-29-26(17-21)27(23-9-12-31-20(2)15-23)18-33(29)36(34,35)25-5-7-28-24(16-25)10-13-32(28)3/h4-10,13,16-20,30-31H,11-12,14-15H2,1-3H3. The van der Waals surface area contributed by atoms with Crippen molar-refractivity contribution in [1.82, 2.24) is 19.2 Å². The topological polar surface area (TPSA) is 68.1 Å². The van der Waals surface area contributed by atoms with Crippen LogP contribution in [0.2, 0.25) is 0 Å². The van der Waals surface area contributed by atoms with E-state index in [1.807, 2.05) is 42.2 Å². The van der Waals surface area contributed by atoms with E-state index in [0.29, 0.717) is 17.0 Å². The normalized spacial score (nSPS) is 21.1. The van der Waals surface area contributed by atoms with Gasteiger partial charge in [-0.2, -0.15) is 0 Å². The van der Waals surface area contributed by atoms with Crippen LogP contribution in [-0.4, -0.2) is 42.1 Å². The Labute approximate surface area is 212 Å². The van der Waals surface area contributed by atoms with Gasteiger partial charge in [0.2, 0.25) is 0 Å². The maximum atomic E-state index is 14.0. The second-order valence-electron chi connectivity index (χ2n) is 10.2. The van der Waals surface area contributed by atoms with Crippen LogP contribution >= 0.6 is 0 Å². The number of benzene rings is 2. The van der Waals surface area contributed by atoms with Gasteiger partial charge in [-0.3, -0.25) is 0 Å². The number of rotatable bonds is 4. The Balaban J connectivity index is 1.53. The Morgan fingerprint density at radius 2 is 1.56 bits per heavy atom. The van der Waals surface area contributed by atoms with Crippen LogP contribution in [0.25, 0.3) is 33.0 Å². The third-order valence-corrected chi connectivity index (χ3v) is 9.25. The molecule has 7 heteroatoms. The molecule has 6 nitrogen and oxygen atoms in total. The molecule has 2 atom stereocenters. The minimum absolute atomic E-state index is 0.302. The van der Waals surface area contributed by atoms with E-state index in [9.17, 15) is 8.42 Å². The quantitative estimate of drug-likeness (QED) is 0.418. The number of hydrogen-bond acceptors (Lipinski definition) is 4. The van der Waals surface area contributed by atoms with E-state index in [1.54, 1.807) is 12.1 Å². The van der Waals surface area contributed by atoms with E-state index in [2.05, 4.69) is 48.8 Å². The van der Waals surface area contributed by atoms with Crippen LogP contribution in [0.4, 0.5) is 0 Å². The number of fused-ring (bicyclic) bond motifs is 2. The Morgan fingerprint density at radius 3 is 2.31 bits per heavy atom. The second-order valence-corrected chi connectivity index (χ2v) is 12.0. The van der Waals surface area contributed by atoms with Crippen molar-refractivity contribution in [2.45, 2.75) is 43.7 Å². The van der Waals surface area contributed by atoms with Gasteiger partial charge in [-0.1, -0.05) is 18.2 Å². The largest absolute Gasteiger partial charge is 0.351 e. The molecule has 6 rings (SSSR count). The molecule has 0 bridgehead atoms. The van der Waals surface area contributed by atoms with Crippen molar-refractivity contribution in [2.75, 3.05) is 13.1 Å². The fourth-order valence-electron chi connectivity index (χ4n) is 5.58. The predicted molar refractivity (Wildman–Crippen MR) is 148 cm³/mol. The molecule has 186 valence electrons. The summed E-state index contributed by atoms with van der Waals surface area (Å²) in [5.41, 5.74) is 6.41. The summed E-state index contributed by atoms with van der Waals surface area (Å²) < 4.78 is 31.5. The monoisotopic (exact) mass is 500 g/mol. The number of nitrogens with one attached hydrogen (secondary N) is 2. The van der Waals surface area contributed by atoms with Crippen LogP contribution in [0.3, 0.4) is 0 Å². The summed E-state index contributed by atoms with van der Waals surface area (Å²) in [6, 6.07) is 14.3. The molecule has 0 spiro atoms. The lowest BCUT2D eigenvalue weighted by Gasteiger charge is -2.22. The van der Waals surface area contributed by atoms with E-state index in [-0.39, 0.29) is 0 Å². The Hall–Kier alpha value is -3.13. The highest BCUT2D eigenvalue weighted by Gasteiger charge is 2.25. The maximum absolute atomic E-state index is 14.0. The van der Waals surface area contributed by atoms with Gasteiger partial charge in [0.25, 0.3) is 10.0 Å². The number of nitrogens with zero attached hydrogens (tertiary/aromatic N) is 2. The van der Waals surface area contributed by atoms with E-state index in [0.717, 1.165) is 53.3 Å². The van der Waals surface area contributed by atoms with Crippen molar-refractivity contribution in [2.24, 2.45) is 7.05 Å². The summed E-state index contributed by atoms with van der Waals surface area (Å²) in [5, 5.41) is 8.83. The SMILES string of the molecule is CC1CC(c2ccc3c(c2)c(C2=CCNC(C)C2)cn3S(=O)(=O)c2ccc3c(ccn3C)c2)=CCN1. The van der Waals surface area contributed by atoms with Crippen molar-refractivity contribution >= 4 is 43.0 Å². The molecule has 0 amide bonds. The highest BCUT2D eigenvalue weighted by atomic mass is 32.2. The van der Waals surface area contributed by atoms with Crippen LogP contribution in [0.5, 0.6) is 0 Å². The zero-order valence-electron chi connectivity index (χ0n) is 21.0. The van der Waals surface area contributed by atoms with E-state index in [4.69, 9.17) is 0 Å². The van der Waals surface area contributed by atoms with E-state index < -0.39 is 10.0 Å². The van der Waals surface area contributed by atoms with Gasteiger partial charge < -0.3 is 15.2 Å². The van der Waals surface area contributed by atoms with Crippen molar-refractivity contribution in [3.63, 3.8) is 0 Å². The highest BCUT2D eigenvalue weighted by Crippen LogP contribution is 2.36. The van der Waals surface area contributed by atoms with Crippen LogP contribution in [0, 0.1) is 0 Å². The zero-order valence-corrected chi connectivity index (χ0v) is 21.8. The molecular weight excluding hydrogens is 468 g/mol. The second kappa shape index (κ2) is 8.76. The van der Waals surface area contributed by atoms with Crippen LogP contribution < -0.4 is 10.6 Å². The molecule has 36 heavy (non-hydrogen) atoms. The minimum atomic E-state index is -3.79. The van der Waals surface area contributed by atoms with Crippen molar-refractivity contribution in [1.29, 1.82) is 0 Å². The molecule has 2 aromatic heterocycles. The maximum Gasteiger partial charge on any atom is 0.268 e. The highest BCUT2D eigenvalue weighted by molar-refractivity contribution is 7.90. The van der Waals surface area contributed by atoms with Gasteiger partial charge in [0.1, 0.15) is 0 Å². The Morgan fingerprint density at radius 1 is 0.861 bits per heavy atom. The van der Waals surface area contributed by atoms with Crippen molar-refractivity contribution in [3.05, 3.63) is 78.1 Å². The predicted octanol–water partition coefficient (Wildman–Crippen LogP) is 4.90. The third kappa shape index (κ3) is 3.92. The molecule has 2 N–H and O–H groups in total. The molecule has 2 aliphatic heterocycles. The molecule has 0 saturated heterocycles. The van der Waals surface area contributed by atoms with E-state index >= 15 is 0 Å². The summed E-state index contributed by atoms with van der Waals surface area (Å²) in [7, 11) is -1.82. The lowest BCUT2D eigenvalue weighted by atomic mass is 9.92. The Kier molecular flexibility index (Phi) is 5.67. The van der Waals surface area contributed by atoms with Gasteiger partial charge in [-0.15, -0.1) is 0 Å². The van der Waals surface area contributed by atoms with Crippen LogP contribution in [0.1, 0.15) is 37.8 Å². The molecule has 0 fully saturated rings. The van der Waals surface area contributed by atoms with Gasteiger partial charge in [-0.05, 0) is 79.8 Å². The summed E-state index contributed by atoms with van der Waals surface area (Å²) in [6.45, 7) is 6.01. The first-order chi connectivity index (χ1) is 17.3. The molecular formula is C29H32N4O2S. The van der Waals surface area contributed by atoms with E-state index in [1.165, 1.54) is 20.7 Å². The Bertz CT molecular complexity index is 1660. The number of hydrogen-bond donors (Lipinski definition) is 2. The summed E-state index contributed by atoms with van der Waals surface area (Å²) in [5.74, 6) is 0. The van der Waals surface area contributed by atoms with Gasteiger partial charge in [0.05, 0.1) is 10.4 Å². The molecule has 0 radical (unpaired) electrons. The minimum Gasteiger partial charge on any atom is -0.351 e. The average molecular weight is 501 g/mol. The summed E-state index contributed by atoms with van der Waals surface area (Å²) in [6.07, 6.45) is 10.1. The van der Waals surface area contributed by atoms with Crippen molar-refractivity contribution < 1.29 is 8.42 Å². The average Bonchev–Trinajstić information content (AvgIpc) is 3.44. The van der Waals surface area contributed by atoms with Crippen LogP contribution in [0.15, 0.2) is 71.9 Å². The van der Waals surface area contributed by atoms with Gasteiger partial charge >= 0.3 is 0 Å². The van der Waals surface area contributed by atoms with Crippen LogP contribution in [-0.2, 0) is 17.1 Å². The molecule has 2 unspecified atom stereocenters. The third-order valence-electron chi connectivity index (χ3n) is 7.58. The fourth-order valence-corrected chi connectivity index (χ4v) is 6.99. The first kappa shape index (κ1) is 23.3. The summed E-state index contributed by atoms with van der Waals surface area (Å²) in [4.78, 5) is 0.302. The molecule has 4 heterocycles. The number of aryl methyl sites for hydroxylation is 1. The van der Waals surface area contributed by atoms with Gasteiger partial charge in [-0.25, -0.2) is 12.4 Å². The van der Waals surface area contributed by atoms with Crippen molar-refractivity contribution in [3.8, 4) is 0 Å². The zero-order chi connectivity index (χ0) is 25.0. The number of aromatic nitrogens is 2. The van der Waals surface area contributed by atoms with Gasteiger partial charge in [0, 0.05) is 66.5 Å². The fraction of sp³-hybridized carbons (Fsp3) is 0.310. The summed E-state index contributed by atoms with van der Waals surface area (Å²) >= 11 is 0. The lowest BCUT2D eigenvalue weighted by molar-refractivity contribution is 0.579. The smallest absolute Gasteiger partial charge is 0.268 e. The molecule has 0 aliphatic carbocycles. The lowest BCUT2D eigenvalue weighted by Crippen LogP contribution is -2.30. The first-order valence-corrected chi connectivity index (χ1v) is 14.1. The van der Waals surface area contributed by atoms with Gasteiger partial charge in [0.15, 0.2) is 0 Å².